The number of carbonyl (C=O) groups excluding carboxylic acids is 1. The predicted molar refractivity (Wildman–Crippen MR) is 108 cm³/mol. The SMILES string of the molecule is O=C(O)CCCC=CCC1C(=O)CC(O)C1C=CC(O)CCc1ccccc1. The molecule has 1 aromatic carbocycles. The second-order valence-electron chi connectivity index (χ2n) is 7.39. The Bertz CT molecular complexity index is 679. The van der Waals surface area contributed by atoms with Crippen molar-refractivity contribution in [1.82, 2.24) is 0 Å². The number of ketones is 1. The first-order valence-corrected chi connectivity index (χ1v) is 9.95. The molecular weight excluding hydrogens is 356 g/mol. The van der Waals surface area contributed by atoms with Gasteiger partial charge in [-0.1, -0.05) is 54.6 Å². The molecule has 0 amide bonds. The first-order chi connectivity index (χ1) is 13.5. The highest BCUT2D eigenvalue weighted by Gasteiger charge is 2.39. The summed E-state index contributed by atoms with van der Waals surface area (Å²) in [7, 11) is 0. The summed E-state index contributed by atoms with van der Waals surface area (Å²) >= 11 is 0. The van der Waals surface area contributed by atoms with Crippen molar-refractivity contribution in [2.45, 2.75) is 57.2 Å². The fourth-order valence-corrected chi connectivity index (χ4v) is 3.57. The van der Waals surface area contributed by atoms with Crippen LogP contribution in [0.3, 0.4) is 0 Å². The zero-order chi connectivity index (χ0) is 20.4. The molecule has 0 saturated heterocycles. The van der Waals surface area contributed by atoms with Crippen LogP contribution in [-0.2, 0) is 16.0 Å². The van der Waals surface area contributed by atoms with Gasteiger partial charge in [0, 0.05) is 24.7 Å². The average molecular weight is 386 g/mol. The minimum Gasteiger partial charge on any atom is -0.481 e. The summed E-state index contributed by atoms with van der Waals surface area (Å²) in [5.41, 5.74) is 1.16. The topological polar surface area (TPSA) is 94.8 Å². The lowest BCUT2D eigenvalue weighted by Crippen LogP contribution is -2.19. The summed E-state index contributed by atoms with van der Waals surface area (Å²) in [6.45, 7) is 0. The van der Waals surface area contributed by atoms with Crippen LogP contribution in [0.2, 0.25) is 0 Å². The van der Waals surface area contributed by atoms with E-state index in [-0.39, 0.29) is 30.5 Å². The van der Waals surface area contributed by atoms with E-state index >= 15 is 0 Å². The summed E-state index contributed by atoms with van der Waals surface area (Å²) in [5.74, 6) is -1.35. The number of unbranched alkanes of at least 4 members (excludes halogenated alkanes) is 1. The van der Waals surface area contributed by atoms with E-state index in [0.717, 1.165) is 12.0 Å². The molecule has 28 heavy (non-hydrogen) atoms. The van der Waals surface area contributed by atoms with Crippen molar-refractivity contribution in [3.8, 4) is 0 Å². The Labute approximate surface area is 166 Å². The molecule has 0 spiro atoms. The molecule has 1 aromatic rings. The Morgan fingerprint density at radius 3 is 2.68 bits per heavy atom. The number of carboxylic acid groups (broad SMARTS) is 1. The van der Waals surface area contributed by atoms with Crippen LogP contribution in [0.1, 0.15) is 44.1 Å². The van der Waals surface area contributed by atoms with Gasteiger partial charge in [-0.2, -0.15) is 0 Å². The molecule has 152 valence electrons. The minimum atomic E-state index is -0.807. The van der Waals surface area contributed by atoms with Crippen LogP contribution in [0.5, 0.6) is 0 Å². The molecule has 0 aromatic heterocycles. The van der Waals surface area contributed by atoms with E-state index in [1.54, 1.807) is 12.2 Å². The van der Waals surface area contributed by atoms with Crippen molar-refractivity contribution in [2.75, 3.05) is 0 Å². The molecule has 0 radical (unpaired) electrons. The number of carbonyl (C=O) groups is 2. The molecule has 1 aliphatic carbocycles. The molecule has 0 heterocycles. The van der Waals surface area contributed by atoms with E-state index in [1.165, 1.54) is 0 Å². The highest BCUT2D eigenvalue weighted by atomic mass is 16.4. The van der Waals surface area contributed by atoms with Crippen molar-refractivity contribution in [3.05, 3.63) is 60.2 Å². The van der Waals surface area contributed by atoms with Gasteiger partial charge in [-0.15, -0.1) is 0 Å². The quantitative estimate of drug-likeness (QED) is 0.401. The Hall–Kier alpha value is -2.24. The lowest BCUT2D eigenvalue weighted by molar-refractivity contribution is -0.137. The number of benzene rings is 1. The van der Waals surface area contributed by atoms with Crippen LogP contribution in [0, 0.1) is 11.8 Å². The number of aliphatic carboxylic acids is 1. The van der Waals surface area contributed by atoms with E-state index in [2.05, 4.69) is 0 Å². The van der Waals surface area contributed by atoms with Crippen LogP contribution in [0.4, 0.5) is 0 Å². The number of carboxylic acids is 1. The highest BCUT2D eigenvalue weighted by Crippen LogP contribution is 2.33. The maximum Gasteiger partial charge on any atom is 0.303 e. The van der Waals surface area contributed by atoms with E-state index < -0.39 is 18.2 Å². The third-order valence-electron chi connectivity index (χ3n) is 5.18. The van der Waals surface area contributed by atoms with Gasteiger partial charge in [-0.25, -0.2) is 0 Å². The van der Waals surface area contributed by atoms with Crippen molar-refractivity contribution < 1.29 is 24.9 Å². The number of aliphatic hydroxyl groups excluding tert-OH is 2. The fourth-order valence-electron chi connectivity index (χ4n) is 3.57. The molecule has 1 aliphatic rings. The summed E-state index contributed by atoms with van der Waals surface area (Å²) in [6.07, 6.45) is 9.34. The summed E-state index contributed by atoms with van der Waals surface area (Å²) < 4.78 is 0. The number of hydrogen-bond donors (Lipinski definition) is 3. The van der Waals surface area contributed by atoms with Gasteiger partial charge in [-0.3, -0.25) is 9.59 Å². The van der Waals surface area contributed by atoms with Gasteiger partial charge in [-0.05, 0) is 37.7 Å². The van der Waals surface area contributed by atoms with Crippen LogP contribution >= 0.6 is 0 Å². The largest absolute Gasteiger partial charge is 0.481 e. The van der Waals surface area contributed by atoms with Crippen LogP contribution in [-0.4, -0.2) is 39.3 Å². The third-order valence-corrected chi connectivity index (χ3v) is 5.18. The average Bonchev–Trinajstić information content (AvgIpc) is 2.94. The molecule has 2 rings (SSSR count). The van der Waals surface area contributed by atoms with Gasteiger partial charge in [0.05, 0.1) is 12.2 Å². The van der Waals surface area contributed by atoms with Gasteiger partial charge in [0.1, 0.15) is 5.78 Å². The standard InChI is InChI=1S/C23H30O5/c24-18(13-12-17-8-4-3-5-9-17)14-15-20-19(21(25)16-22(20)26)10-6-1-2-7-11-23(27)28/h1,3-6,8-9,14-15,18-20,22,24,26H,2,7,10-13,16H2,(H,27,28). The lowest BCUT2D eigenvalue weighted by atomic mass is 9.90. The molecule has 3 N–H and O–H groups in total. The highest BCUT2D eigenvalue weighted by molar-refractivity contribution is 5.84. The minimum absolute atomic E-state index is 0.0381. The third kappa shape index (κ3) is 7.41. The summed E-state index contributed by atoms with van der Waals surface area (Å²) in [4.78, 5) is 22.7. The summed E-state index contributed by atoms with van der Waals surface area (Å²) in [6, 6.07) is 9.94. The van der Waals surface area contributed by atoms with Crippen LogP contribution < -0.4 is 0 Å². The Kier molecular flexibility index (Phi) is 9.11. The first-order valence-electron chi connectivity index (χ1n) is 9.95. The number of aliphatic hydroxyl groups is 2. The van der Waals surface area contributed by atoms with Crippen LogP contribution in [0.25, 0.3) is 0 Å². The number of allylic oxidation sites excluding steroid dienone is 2. The van der Waals surface area contributed by atoms with Gasteiger partial charge >= 0.3 is 5.97 Å². The van der Waals surface area contributed by atoms with E-state index in [1.807, 2.05) is 42.5 Å². The second-order valence-corrected chi connectivity index (χ2v) is 7.39. The maximum atomic E-state index is 12.2. The molecule has 4 unspecified atom stereocenters. The maximum absolute atomic E-state index is 12.2. The van der Waals surface area contributed by atoms with Crippen molar-refractivity contribution in [2.24, 2.45) is 11.8 Å². The normalized spacial score (nSPS) is 23.6. The zero-order valence-corrected chi connectivity index (χ0v) is 16.1. The second kappa shape index (κ2) is 11.6. The van der Waals surface area contributed by atoms with Crippen molar-refractivity contribution in [3.63, 3.8) is 0 Å². The monoisotopic (exact) mass is 386 g/mol. The molecular formula is C23H30O5. The molecule has 5 nitrogen and oxygen atoms in total. The molecule has 5 heteroatoms. The summed E-state index contributed by atoms with van der Waals surface area (Å²) in [5, 5.41) is 29.0. The smallest absolute Gasteiger partial charge is 0.303 e. The first kappa shape index (κ1) is 22.1. The van der Waals surface area contributed by atoms with Crippen molar-refractivity contribution >= 4 is 11.8 Å². The molecule has 0 bridgehead atoms. The van der Waals surface area contributed by atoms with Gasteiger partial charge in [0.2, 0.25) is 0 Å². The predicted octanol–water partition coefficient (Wildman–Crippen LogP) is 3.30. The number of hydrogen-bond acceptors (Lipinski definition) is 4. The fraction of sp³-hybridized carbons (Fsp3) is 0.478. The number of aryl methyl sites for hydroxylation is 1. The molecule has 0 aliphatic heterocycles. The van der Waals surface area contributed by atoms with Gasteiger partial charge in [0.25, 0.3) is 0 Å². The number of rotatable bonds is 11. The Morgan fingerprint density at radius 2 is 1.96 bits per heavy atom. The van der Waals surface area contributed by atoms with Gasteiger partial charge < -0.3 is 15.3 Å². The van der Waals surface area contributed by atoms with E-state index in [9.17, 15) is 19.8 Å². The lowest BCUT2D eigenvalue weighted by Gasteiger charge is -2.16. The van der Waals surface area contributed by atoms with Gasteiger partial charge in [0.15, 0.2) is 0 Å². The zero-order valence-electron chi connectivity index (χ0n) is 16.1. The van der Waals surface area contributed by atoms with Crippen molar-refractivity contribution in [1.29, 1.82) is 0 Å². The van der Waals surface area contributed by atoms with E-state index in [0.29, 0.717) is 25.7 Å². The Balaban J connectivity index is 1.82. The molecule has 1 fully saturated rings. The number of Topliss-reactive ketones (excluding diaryl/α,β-unsaturated/α-hetero) is 1. The molecule has 4 atom stereocenters. The van der Waals surface area contributed by atoms with Crippen LogP contribution in [0.15, 0.2) is 54.6 Å². The Morgan fingerprint density at radius 1 is 1.21 bits per heavy atom. The van der Waals surface area contributed by atoms with E-state index in [4.69, 9.17) is 5.11 Å². The molecule has 1 saturated carbocycles.